The monoisotopic (exact) mass is 240 g/mol. The second-order valence-corrected chi connectivity index (χ2v) is 4.20. The Hall–Kier alpha value is -2.28. The highest BCUT2D eigenvalue weighted by Gasteiger charge is 2.11. The SMILES string of the molecule is CCc1ccc(N[C@@H](C#N)c2cnn(C)c2)cc1. The summed E-state index contributed by atoms with van der Waals surface area (Å²) in [6, 6.07) is 10.0. The second kappa shape index (κ2) is 5.37. The zero-order chi connectivity index (χ0) is 13.0. The number of anilines is 1. The van der Waals surface area contributed by atoms with Crippen molar-refractivity contribution in [3.63, 3.8) is 0 Å². The highest BCUT2D eigenvalue weighted by atomic mass is 15.2. The summed E-state index contributed by atoms with van der Waals surface area (Å²) in [6.07, 6.45) is 4.58. The summed E-state index contributed by atoms with van der Waals surface area (Å²) in [7, 11) is 1.84. The molecular formula is C14H16N4. The van der Waals surface area contributed by atoms with Gasteiger partial charge < -0.3 is 5.32 Å². The lowest BCUT2D eigenvalue weighted by Crippen LogP contribution is -2.07. The number of nitrogens with one attached hydrogen (secondary N) is 1. The van der Waals surface area contributed by atoms with Crippen LogP contribution in [0, 0.1) is 11.3 Å². The summed E-state index contributed by atoms with van der Waals surface area (Å²) in [5.41, 5.74) is 3.11. The van der Waals surface area contributed by atoms with Gasteiger partial charge in [0.25, 0.3) is 0 Å². The number of hydrogen-bond acceptors (Lipinski definition) is 3. The number of nitriles is 1. The Morgan fingerprint density at radius 3 is 2.61 bits per heavy atom. The van der Waals surface area contributed by atoms with Crippen LogP contribution in [-0.4, -0.2) is 9.78 Å². The largest absolute Gasteiger partial charge is 0.366 e. The lowest BCUT2D eigenvalue weighted by atomic mass is 10.1. The number of rotatable bonds is 4. The van der Waals surface area contributed by atoms with Crippen molar-refractivity contribution < 1.29 is 0 Å². The van der Waals surface area contributed by atoms with Crippen LogP contribution < -0.4 is 5.32 Å². The van der Waals surface area contributed by atoms with Gasteiger partial charge in [-0.25, -0.2) is 0 Å². The number of benzene rings is 1. The van der Waals surface area contributed by atoms with Crippen molar-refractivity contribution in [3.05, 3.63) is 47.8 Å². The average molecular weight is 240 g/mol. The van der Waals surface area contributed by atoms with Gasteiger partial charge in [0.2, 0.25) is 0 Å². The van der Waals surface area contributed by atoms with Gasteiger partial charge in [0.1, 0.15) is 6.04 Å². The summed E-state index contributed by atoms with van der Waals surface area (Å²) in [6.45, 7) is 2.12. The summed E-state index contributed by atoms with van der Waals surface area (Å²) in [5.74, 6) is 0. The summed E-state index contributed by atoms with van der Waals surface area (Å²) in [4.78, 5) is 0. The molecule has 0 amide bonds. The van der Waals surface area contributed by atoms with E-state index in [1.54, 1.807) is 10.9 Å². The highest BCUT2D eigenvalue weighted by Crippen LogP contribution is 2.19. The van der Waals surface area contributed by atoms with Gasteiger partial charge in [0.05, 0.1) is 12.3 Å². The minimum Gasteiger partial charge on any atom is -0.366 e. The fourth-order valence-electron chi connectivity index (χ4n) is 1.78. The maximum atomic E-state index is 9.20. The summed E-state index contributed by atoms with van der Waals surface area (Å²) < 4.78 is 1.70. The molecule has 1 aromatic carbocycles. The first kappa shape index (κ1) is 12.2. The maximum Gasteiger partial charge on any atom is 0.143 e. The average Bonchev–Trinajstić information content (AvgIpc) is 2.83. The maximum absolute atomic E-state index is 9.20. The molecule has 1 heterocycles. The van der Waals surface area contributed by atoms with Crippen LogP contribution in [0.2, 0.25) is 0 Å². The van der Waals surface area contributed by atoms with Crippen LogP contribution in [0.4, 0.5) is 5.69 Å². The molecule has 0 spiro atoms. The standard InChI is InChI=1S/C14H16N4/c1-3-11-4-6-13(7-5-11)17-14(8-15)12-9-16-18(2)10-12/h4-7,9-10,14,17H,3H2,1-2H3/t14-/m0/s1. The molecule has 0 saturated heterocycles. The highest BCUT2D eigenvalue weighted by molar-refractivity contribution is 5.48. The topological polar surface area (TPSA) is 53.6 Å². The molecule has 0 unspecified atom stereocenters. The number of aryl methyl sites for hydroxylation is 2. The predicted octanol–water partition coefficient (Wildman–Crippen LogP) is 2.66. The molecule has 1 aromatic heterocycles. The third-order valence-electron chi connectivity index (χ3n) is 2.86. The van der Waals surface area contributed by atoms with Gasteiger partial charge in [-0.3, -0.25) is 4.68 Å². The van der Waals surface area contributed by atoms with E-state index in [4.69, 9.17) is 0 Å². The van der Waals surface area contributed by atoms with Crippen LogP contribution in [0.3, 0.4) is 0 Å². The molecule has 92 valence electrons. The molecule has 2 rings (SSSR count). The van der Waals surface area contributed by atoms with Crippen molar-refractivity contribution in [3.8, 4) is 6.07 Å². The Bertz CT molecular complexity index is 548. The van der Waals surface area contributed by atoms with Gasteiger partial charge in [-0.15, -0.1) is 0 Å². The van der Waals surface area contributed by atoms with Crippen LogP contribution in [0.5, 0.6) is 0 Å². The zero-order valence-corrected chi connectivity index (χ0v) is 10.6. The first-order valence-corrected chi connectivity index (χ1v) is 5.96. The Labute approximate surface area is 107 Å². The molecule has 4 heteroatoms. The van der Waals surface area contributed by atoms with Crippen LogP contribution in [-0.2, 0) is 13.5 Å². The molecule has 4 nitrogen and oxygen atoms in total. The molecular weight excluding hydrogens is 224 g/mol. The minimum atomic E-state index is -0.369. The van der Waals surface area contributed by atoms with E-state index in [2.05, 4.69) is 35.5 Å². The molecule has 0 aliphatic rings. The lowest BCUT2D eigenvalue weighted by molar-refractivity contribution is 0.766. The molecule has 0 fully saturated rings. The number of aromatic nitrogens is 2. The smallest absolute Gasteiger partial charge is 0.143 e. The predicted molar refractivity (Wildman–Crippen MR) is 71.0 cm³/mol. The molecule has 2 aromatic rings. The van der Waals surface area contributed by atoms with Crippen molar-refractivity contribution in [1.82, 2.24) is 9.78 Å². The van der Waals surface area contributed by atoms with E-state index < -0.39 is 0 Å². The van der Waals surface area contributed by atoms with Gasteiger partial charge >= 0.3 is 0 Å². The second-order valence-electron chi connectivity index (χ2n) is 4.20. The minimum absolute atomic E-state index is 0.369. The Kier molecular flexibility index (Phi) is 3.63. The molecule has 1 N–H and O–H groups in total. The fourth-order valence-corrected chi connectivity index (χ4v) is 1.78. The van der Waals surface area contributed by atoms with Gasteiger partial charge in [-0.2, -0.15) is 10.4 Å². The Morgan fingerprint density at radius 2 is 2.11 bits per heavy atom. The normalized spacial score (nSPS) is 11.8. The van der Waals surface area contributed by atoms with Crippen molar-refractivity contribution in [2.45, 2.75) is 19.4 Å². The molecule has 0 aliphatic heterocycles. The van der Waals surface area contributed by atoms with Crippen LogP contribution in [0.1, 0.15) is 24.1 Å². The fraction of sp³-hybridized carbons (Fsp3) is 0.286. The quantitative estimate of drug-likeness (QED) is 0.893. The third kappa shape index (κ3) is 2.69. The molecule has 18 heavy (non-hydrogen) atoms. The first-order valence-electron chi connectivity index (χ1n) is 5.96. The first-order chi connectivity index (χ1) is 8.72. The van der Waals surface area contributed by atoms with Crippen LogP contribution >= 0.6 is 0 Å². The third-order valence-corrected chi connectivity index (χ3v) is 2.86. The number of nitrogens with zero attached hydrogens (tertiary/aromatic N) is 3. The van der Waals surface area contributed by atoms with Crippen molar-refractivity contribution >= 4 is 5.69 Å². The molecule has 0 radical (unpaired) electrons. The number of hydrogen-bond donors (Lipinski definition) is 1. The van der Waals surface area contributed by atoms with E-state index in [-0.39, 0.29) is 6.04 Å². The van der Waals surface area contributed by atoms with Crippen molar-refractivity contribution in [2.75, 3.05) is 5.32 Å². The zero-order valence-electron chi connectivity index (χ0n) is 10.6. The van der Waals surface area contributed by atoms with Gasteiger partial charge in [-0.05, 0) is 24.1 Å². The molecule has 0 saturated carbocycles. The summed E-state index contributed by atoms with van der Waals surface area (Å²) in [5, 5.41) is 16.5. The molecule has 0 bridgehead atoms. The van der Waals surface area contributed by atoms with E-state index in [1.165, 1.54) is 5.56 Å². The lowest BCUT2D eigenvalue weighted by Gasteiger charge is -2.11. The Balaban J connectivity index is 2.13. The summed E-state index contributed by atoms with van der Waals surface area (Å²) >= 11 is 0. The Morgan fingerprint density at radius 1 is 1.39 bits per heavy atom. The van der Waals surface area contributed by atoms with E-state index in [9.17, 15) is 5.26 Å². The van der Waals surface area contributed by atoms with Gasteiger partial charge in [0.15, 0.2) is 0 Å². The van der Waals surface area contributed by atoms with E-state index in [0.717, 1.165) is 17.7 Å². The molecule has 1 atom stereocenters. The van der Waals surface area contributed by atoms with Crippen LogP contribution in [0.15, 0.2) is 36.7 Å². The van der Waals surface area contributed by atoms with Crippen molar-refractivity contribution in [1.29, 1.82) is 5.26 Å². The molecule has 0 aliphatic carbocycles. The van der Waals surface area contributed by atoms with Gasteiger partial charge in [-0.1, -0.05) is 19.1 Å². The van der Waals surface area contributed by atoms with Crippen molar-refractivity contribution in [2.24, 2.45) is 7.05 Å². The van der Waals surface area contributed by atoms with Crippen LogP contribution in [0.25, 0.3) is 0 Å². The van der Waals surface area contributed by atoms with Gasteiger partial charge in [0, 0.05) is 24.5 Å². The van der Waals surface area contributed by atoms with E-state index >= 15 is 0 Å². The van der Waals surface area contributed by atoms with E-state index in [1.807, 2.05) is 25.4 Å². The van der Waals surface area contributed by atoms with E-state index in [0.29, 0.717) is 0 Å².